The van der Waals surface area contributed by atoms with Crippen molar-refractivity contribution in [2.75, 3.05) is 20.1 Å². The second kappa shape index (κ2) is 5.14. The lowest BCUT2D eigenvalue weighted by molar-refractivity contribution is 0.188. The summed E-state index contributed by atoms with van der Waals surface area (Å²) in [5.41, 5.74) is 4.69. The fourth-order valence-electron chi connectivity index (χ4n) is 2.05. The summed E-state index contributed by atoms with van der Waals surface area (Å²) < 4.78 is 0. The Balaban J connectivity index is 2.70. The number of carbonyl (C=O) groups is 1. The highest BCUT2D eigenvalue weighted by atomic mass is 16.2. The third kappa shape index (κ3) is 3.87. The van der Waals surface area contributed by atoms with Crippen LogP contribution in [0.15, 0.2) is 0 Å². The van der Waals surface area contributed by atoms with E-state index in [0.717, 1.165) is 13.1 Å². The number of piperidine rings is 1. The van der Waals surface area contributed by atoms with Gasteiger partial charge in [-0.05, 0) is 40.7 Å². The third-order valence-corrected chi connectivity index (χ3v) is 3.20. The molecule has 1 fully saturated rings. The maximum absolute atomic E-state index is 11.9. The van der Waals surface area contributed by atoms with E-state index < -0.39 is 5.54 Å². The topological polar surface area (TPSA) is 94.2 Å². The summed E-state index contributed by atoms with van der Waals surface area (Å²) in [4.78, 5) is 14.1. The van der Waals surface area contributed by atoms with Crippen LogP contribution >= 0.6 is 0 Å². The van der Waals surface area contributed by atoms with Crippen LogP contribution in [0.25, 0.3) is 0 Å². The molecule has 1 heterocycles. The Hall–Kier alpha value is -1.30. The molecule has 1 aliphatic rings. The molecule has 18 heavy (non-hydrogen) atoms. The molecule has 1 rings (SSSR count). The molecule has 5 N–H and O–H groups in total. The average molecular weight is 255 g/mol. The fraction of sp³-hybridized carbons (Fsp3) is 0.833. The second-order valence-electron chi connectivity index (χ2n) is 6.13. The summed E-state index contributed by atoms with van der Waals surface area (Å²) in [6.45, 7) is 7.41. The Labute approximate surface area is 109 Å². The Morgan fingerprint density at radius 2 is 1.83 bits per heavy atom. The van der Waals surface area contributed by atoms with E-state index in [0.29, 0.717) is 12.8 Å². The predicted octanol–water partition coefficient (Wildman–Crippen LogP) is 0.484. The Morgan fingerprint density at radius 1 is 1.33 bits per heavy atom. The number of amidine groups is 1. The van der Waals surface area contributed by atoms with Gasteiger partial charge in [0, 0.05) is 18.6 Å². The molecule has 0 unspecified atom stereocenters. The number of likely N-dealkylation sites (tertiary alicyclic amines) is 1. The zero-order chi connectivity index (χ0) is 14.0. The fourth-order valence-corrected chi connectivity index (χ4v) is 2.05. The highest BCUT2D eigenvalue weighted by Crippen LogP contribution is 2.21. The van der Waals surface area contributed by atoms with E-state index >= 15 is 0 Å². The van der Waals surface area contributed by atoms with Crippen molar-refractivity contribution in [3.63, 3.8) is 0 Å². The summed E-state index contributed by atoms with van der Waals surface area (Å²) in [6, 6.07) is -0.262. The van der Waals surface area contributed by atoms with Gasteiger partial charge in [0.05, 0.1) is 0 Å². The van der Waals surface area contributed by atoms with Crippen LogP contribution in [0.1, 0.15) is 33.6 Å². The summed E-state index contributed by atoms with van der Waals surface area (Å²) in [6.07, 6.45) is 1.35. The summed E-state index contributed by atoms with van der Waals surface area (Å²) in [5.74, 6) is 0.0414. The number of nitrogens with one attached hydrogen (secondary N) is 3. The minimum absolute atomic E-state index is 0.0414. The molecule has 0 spiro atoms. The minimum atomic E-state index is -0.693. The summed E-state index contributed by atoms with van der Waals surface area (Å²) >= 11 is 0. The highest BCUT2D eigenvalue weighted by Gasteiger charge is 2.38. The molecular formula is C12H25N5O. The number of hydrogen-bond donors (Lipinski definition) is 4. The molecule has 0 radical (unpaired) electrons. The van der Waals surface area contributed by atoms with E-state index in [4.69, 9.17) is 11.1 Å². The molecule has 104 valence electrons. The number of urea groups is 1. The molecule has 1 aliphatic heterocycles. The largest absolute Gasteiger partial charge is 0.386 e. The molecule has 0 aromatic carbocycles. The average Bonchev–Trinajstić information content (AvgIpc) is 2.18. The van der Waals surface area contributed by atoms with Crippen molar-refractivity contribution >= 4 is 11.9 Å². The first-order valence-corrected chi connectivity index (χ1v) is 6.28. The van der Waals surface area contributed by atoms with E-state index in [-0.39, 0.29) is 17.4 Å². The number of nitrogens with zero attached hydrogens (tertiary/aromatic N) is 1. The number of nitrogens with two attached hydrogens (primary N) is 1. The van der Waals surface area contributed by atoms with E-state index in [1.807, 2.05) is 27.8 Å². The lowest BCUT2D eigenvalue weighted by atomic mass is 9.86. The van der Waals surface area contributed by atoms with Crippen LogP contribution in [0.4, 0.5) is 4.79 Å². The molecule has 0 atom stereocenters. The van der Waals surface area contributed by atoms with Crippen molar-refractivity contribution in [2.24, 2.45) is 5.73 Å². The number of carbonyl (C=O) groups excluding carboxylic acids is 1. The Bertz CT molecular complexity index is 326. The molecule has 6 heteroatoms. The van der Waals surface area contributed by atoms with Crippen LogP contribution in [0, 0.1) is 5.41 Å². The first-order chi connectivity index (χ1) is 8.15. The number of rotatable bonds is 2. The third-order valence-electron chi connectivity index (χ3n) is 3.20. The smallest absolute Gasteiger partial charge is 0.316 e. The summed E-state index contributed by atoms with van der Waals surface area (Å²) in [5, 5.41) is 13.5. The van der Waals surface area contributed by atoms with Crippen molar-refractivity contribution < 1.29 is 4.79 Å². The van der Waals surface area contributed by atoms with Crippen LogP contribution in [0.3, 0.4) is 0 Å². The van der Waals surface area contributed by atoms with Gasteiger partial charge in [-0.2, -0.15) is 0 Å². The molecule has 1 saturated heterocycles. The van der Waals surface area contributed by atoms with E-state index in [9.17, 15) is 4.79 Å². The van der Waals surface area contributed by atoms with Crippen LogP contribution < -0.4 is 16.4 Å². The van der Waals surface area contributed by atoms with E-state index in [1.54, 1.807) is 0 Å². The van der Waals surface area contributed by atoms with Gasteiger partial charge in [0.25, 0.3) is 0 Å². The molecular weight excluding hydrogens is 230 g/mol. The van der Waals surface area contributed by atoms with Gasteiger partial charge in [0.2, 0.25) is 0 Å². The molecule has 2 amide bonds. The van der Waals surface area contributed by atoms with E-state index in [1.165, 1.54) is 0 Å². The van der Waals surface area contributed by atoms with Gasteiger partial charge in [-0.25, -0.2) is 4.79 Å². The quantitative estimate of drug-likeness (QED) is 0.427. The van der Waals surface area contributed by atoms with Gasteiger partial charge in [0.15, 0.2) is 0 Å². The van der Waals surface area contributed by atoms with Crippen LogP contribution in [0.5, 0.6) is 0 Å². The minimum Gasteiger partial charge on any atom is -0.386 e. The van der Waals surface area contributed by atoms with Crippen molar-refractivity contribution in [3.8, 4) is 0 Å². The first-order valence-electron chi connectivity index (χ1n) is 6.28. The van der Waals surface area contributed by atoms with Gasteiger partial charge < -0.3 is 21.3 Å². The molecule has 6 nitrogen and oxygen atoms in total. The van der Waals surface area contributed by atoms with Crippen LogP contribution in [-0.2, 0) is 0 Å². The maximum Gasteiger partial charge on any atom is 0.316 e. The number of amides is 2. The molecule has 0 saturated carbocycles. The Morgan fingerprint density at radius 3 is 2.22 bits per heavy atom. The molecule has 0 aromatic heterocycles. The summed E-state index contributed by atoms with van der Waals surface area (Å²) in [7, 11) is 2.03. The molecule has 0 aromatic rings. The standard InChI is InChI=1S/C12H25N5O/c1-11(2,3)15-10(18)16-12(9(13)14)5-7-17(4)8-6-12/h5-8H2,1-4H3,(H3,13,14)(H2,15,16,18). The van der Waals surface area contributed by atoms with Gasteiger partial charge in [-0.3, -0.25) is 5.41 Å². The van der Waals surface area contributed by atoms with Gasteiger partial charge in [0.1, 0.15) is 11.4 Å². The molecule has 0 bridgehead atoms. The zero-order valence-electron chi connectivity index (χ0n) is 11.8. The first kappa shape index (κ1) is 14.8. The maximum atomic E-state index is 11.9. The SMILES string of the molecule is CN1CCC(NC(=O)NC(C)(C)C)(C(=N)N)CC1. The zero-order valence-corrected chi connectivity index (χ0v) is 11.8. The van der Waals surface area contributed by atoms with Crippen molar-refractivity contribution in [3.05, 3.63) is 0 Å². The van der Waals surface area contributed by atoms with Crippen molar-refractivity contribution in [1.82, 2.24) is 15.5 Å². The monoisotopic (exact) mass is 255 g/mol. The van der Waals surface area contributed by atoms with Gasteiger partial charge >= 0.3 is 6.03 Å². The molecule has 0 aliphatic carbocycles. The van der Waals surface area contributed by atoms with Gasteiger partial charge in [-0.15, -0.1) is 0 Å². The van der Waals surface area contributed by atoms with Gasteiger partial charge in [-0.1, -0.05) is 0 Å². The Kier molecular flexibility index (Phi) is 4.21. The predicted molar refractivity (Wildman–Crippen MR) is 72.8 cm³/mol. The highest BCUT2D eigenvalue weighted by molar-refractivity contribution is 5.92. The number of hydrogen-bond acceptors (Lipinski definition) is 3. The lowest BCUT2D eigenvalue weighted by Crippen LogP contribution is -2.64. The normalized spacial score (nSPS) is 20.2. The second-order valence-corrected chi connectivity index (χ2v) is 6.13. The van der Waals surface area contributed by atoms with Crippen LogP contribution in [-0.4, -0.2) is 48.0 Å². The van der Waals surface area contributed by atoms with E-state index in [2.05, 4.69) is 15.5 Å². The van der Waals surface area contributed by atoms with Crippen molar-refractivity contribution in [2.45, 2.75) is 44.7 Å². The van der Waals surface area contributed by atoms with Crippen LogP contribution in [0.2, 0.25) is 0 Å². The lowest BCUT2D eigenvalue weighted by Gasteiger charge is -2.40. The van der Waals surface area contributed by atoms with Crippen molar-refractivity contribution in [1.29, 1.82) is 5.41 Å².